The Kier molecular flexibility index (Phi) is 8.56. The standard InChI is InChI=1S/C27H50ClN7O/c1-12-13-14-34(20-15-24(2,3)32-25(4,5)16-20)23-30-21(28)29-22(31-23)33(10)19-17-26(6,7)35(36-11)27(8,9)18-19/h19-20,32H,12-18H2,1-11H3. The van der Waals surface area contributed by atoms with Crippen molar-refractivity contribution in [2.45, 2.75) is 135 Å². The molecule has 3 rings (SSSR count). The summed E-state index contributed by atoms with van der Waals surface area (Å²) < 4.78 is 0. The molecular weight excluding hydrogens is 474 g/mol. The molecule has 0 atom stereocenters. The maximum Gasteiger partial charge on any atom is 0.231 e. The van der Waals surface area contributed by atoms with E-state index in [0.29, 0.717) is 17.9 Å². The molecule has 36 heavy (non-hydrogen) atoms. The molecule has 0 aromatic carbocycles. The minimum atomic E-state index is -0.130. The second-order valence-corrected chi connectivity index (χ2v) is 13.8. The van der Waals surface area contributed by atoms with Gasteiger partial charge in [-0.1, -0.05) is 13.3 Å². The van der Waals surface area contributed by atoms with E-state index in [2.05, 4.69) is 99.5 Å². The van der Waals surface area contributed by atoms with Gasteiger partial charge < -0.3 is 20.0 Å². The van der Waals surface area contributed by atoms with Gasteiger partial charge in [-0.15, -0.1) is 0 Å². The third kappa shape index (κ3) is 6.61. The van der Waals surface area contributed by atoms with E-state index in [0.717, 1.165) is 45.1 Å². The summed E-state index contributed by atoms with van der Waals surface area (Å²) in [7, 11) is 3.85. The fourth-order valence-electron chi connectivity index (χ4n) is 7.02. The maximum atomic E-state index is 6.56. The molecule has 0 saturated carbocycles. The molecule has 2 fully saturated rings. The van der Waals surface area contributed by atoms with E-state index in [4.69, 9.17) is 21.4 Å². The molecule has 9 heteroatoms. The van der Waals surface area contributed by atoms with Gasteiger partial charge in [-0.3, -0.25) is 0 Å². The molecule has 8 nitrogen and oxygen atoms in total. The fraction of sp³-hybridized carbons (Fsp3) is 0.889. The summed E-state index contributed by atoms with van der Waals surface area (Å²) in [6, 6.07) is 0.566. The van der Waals surface area contributed by atoms with Gasteiger partial charge in [0.25, 0.3) is 0 Å². The van der Waals surface area contributed by atoms with Crippen molar-refractivity contribution < 1.29 is 4.84 Å². The Balaban J connectivity index is 1.94. The Morgan fingerprint density at radius 3 is 1.92 bits per heavy atom. The van der Waals surface area contributed by atoms with Crippen molar-refractivity contribution in [2.24, 2.45) is 0 Å². The second kappa shape index (κ2) is 10.5. The van der Waals surface area contributed by atoms with Gasteiger partial charge in [-0.2, -0.15) is 20.0 Å². The van der Waals surface area contributed by atoms with Crippen molar-refractivity contribution in [2.75, 3.05) is 30.5 Å². The van der Waals surface area contributed by atoms with Crippen LogP contribution in [0.3, 0.4) is 0 Å². The van der Waals surface area contributed by atoms with Crippen LogP contribution in [-0.4, -0.2) is 75.0 Å². The van der Waals surface area contributed by atoms with Crippen LogP contribution in [-0.2, 0) is 4.84 Å². The third-order valence-corrected chi connectivity index (χ3v) is 7.99. The summed E-state index contributed by atoms with van der Waals surface area (Å²) in [6.07, 6.45) is 6.09. The highest BCUT2D eigenvalue weighted by molar-refractivity contribution is 6.28. The molecule has 0 bridgehead atoms. The number of unbranched alkanes of at least 4 members (excludes halogenated alkanes) is 1. The number of halogens is 1. The summed E-state index contributed by atoms with van der Waals surface area (Å²) in [5.74, 6) is 1.33. The molecule has 1 aromatic rings. The SMILES string of the molecule is CCCCN(c1nc(Cl)nc(N(C)C2CC(C)(C)N(OC)C(C)(C)C2)n1)C1CC(C)(C)NC(C)(C)C1. The molecule has 0 aliphatic carbocycles. The molecule has 1 N–H and O–H groups in total. The van der Waals surface area contributed by atoms with Crippen molar-refractivity contribution in [3.8, 4) is 0 Å². The zero-order valence-corrected chi connectivity index (χ0v) is 25.3. The number of rotatable bonds is 8. The number of anilines is 2. The number of nitrogens with zero attached hydrogens (tertiary/aromatic N) is 6. The molecule has 2 saturated heterocycles. The van der Waals surface area contributed by atoms with Crippen LogP contribution in [0.1, 0.15) is 101 Å². The molecular formula is C27H50ClN7O. The Hall–Kier alpha value is -1.22. The van der Waals surface area contributed by atoms with Crippen LogP contribution < -0.4 is 15.1 Å². The van der Waals surface area contributed by atoms with Gasteiger partial charge in [0.1, 0.15) is 0 Å². The van der Waals surface area contributed by atoms with E-state index < -0.39 is 0 Å². The second-order valence-electron chi connectivity index (χ2n) is 13.5. The smallest absolute Gasteiger partial charge is 0.231 e. The summed E-state index contributed by atoms with van der Waals surface area (Å²) in [4.78, 5) is 24.7. The summed E-state index contributed by atoms with van der Waals surface area (Å²) in [5.41, 5.74) is -0.206. The lowest BCUT2D eigenvalue weighted by Crippen LogP contribution is -2.63. The summed E-state index contributed by atoms with van der Waals surface area (Å²) in [6.45, 7) is 21.2. The highest BCUT2D eigenvalue weighted by atomic mass is 35.5. The number of hydrogen-bond acceptors (Lipinski definition) is 8. The topological polar surface area (TPSA) is 69.7 Å². The molecule has 0 radical (unpaired) electrons. The molecule has 0 unspecified atom stereocenters. The zero-order chi connectivity index (χ0) is 27.1. The van der Waals surface area contributed by atoms with Crippen LogP contribution in [0.15, 0.2) is 0 Å². The number of nitrogens with one attached hydrogen (secondary N) is 1. The van der Waals surface area contributed by atoms with Crippen molar-refractivity contribution in [1.29, 1.82) is 0 Å². The van der Waals surface area contributed by atoms with Crippen molar-refractivity contribution in [3.63, 3.8) is 0 Å². The highest BCUT2D eigenvalue weighted by Crippen LogP contribution is 2.41. The first-order valence-electron chi connectivity index (χ1n) is 13.6. The molecule has 206 valence electrons. The predicted molar refractivity (Wildman–Crippen MR) is 150 cm³/mol. The molecule has 2 aliphatic heterocycles. The number of aromatic nitrogens is 3. The Labute approximate surface area is 224 Å². The average molecular weight is 524 g/mol. The molecule has 3 heterocycles. The van der Waals surface area contributed by atoms with Crippen LogP contribution in [0.25, 0.3) is 0 Å². The third-order valence-electron chi connectivity index (χ3n) is 7.82. The van der Waals surface area contributed by atoms with Crippen LogP contribution >= 0.6 is 11.6 Å². The lowest BCUT2D eigenvalue weighted by Gasteiger charge is -2.54. The number of hydrogen-bond donors (Lipinski definition) is 1. The van der Waals surface area contributed by atoms with Gasteiger partial charge >= 0.3 is 0 Å². The Morgan fingerprint density at radius 2 is 1.42 bits per heavy atom. The first-order valence-corrected chi connectivity index (χ1v) is 13.9. The first kappa shape index (κ1) is 29.3. The normalized spacial score (nSPS) is 24.0. The predicted octanol–water partition coefficient (Wildman–Crippen LogP) is 5.46. The molecule has 0 amide bonds. The monoisotopic (exact) mass is 523 g/mol. The summed E-state index contributed by atoms with van der Waals surface area (Å²) in [5, 5.41) is 6.19. The zero-order valence-electron chi connectivity index (χ0n) is 24.6. The van der Waals surface area contributed by atoms with Crippen molar-refractivity contribution >= 4 is 23.5 Å². The van der Waals surface area contributed by atoms with Gasteiger partial charge in [-0.25, -0.2) is 0 Å². The van der Waals surface area contributed by atoms with Gasteiger partial charge in [0.05, 0.1) is 7.11 Å². The fourth-order valence-corrected chi connectivity index (χ4v) is 7.17. The molecule has 2 aliphatic rings. The van der Waals surface area contributed by atoms with E-state index in [1.807, 2.05) is 0 Å². The minimum Gasteiger partial charge on any atom is -0.341 e. The van der Waals surface area contributed by atoms with Gasteiger partial charge in [-0.05, 0) is 99.1 Å². The first-order chi connectivity index (χ1) is 16.5. The van der Waals surface area contributed by atoms with Crippen LogP contribution in [0, 0.1) is 0 Å². The lowest BCUT2D eigenvalue weighted by molar-refractivity contribution is -0.266. The van der Waals surface area contributed by atoms with Crippen molar-refractivity contribution in [1.82, 2.24) is 25.3 Å². The Bertz CT molecular complexity index is 870. The summed E-state index contributed by atoms with van der Waals surface area (Å²) >= 11 is 6.56. The van der Waals surface area contributed by atoms with E-state index in [9.17, 15) is 0 Å². The average Bonchev–Trinajstić information content (AvgIpc) is 2.69. The van der Waals surface area contributed by atoms with Crippen LogP contribution in [0.2, 0.25) is 5.28 Å². The largest absolute Gasteiger partial charge is 0.341 e. The van der Waals surface area contributed by atoms with Gasteiger partial charge in [0, 0.05) is 47.8 Å². The molecule has 1 aromatic heterocycles. The van der Waals surface area contributed by atoms with E-state index >= 15 is 0 Å². The van der Waals surface area contributed by atoms with E-state index in [-0.39, 0.29) is 33.5 Å². The minimum absolute atomic E-state index is 0.0276. The van der Waals surface area contributed by atoms with Crippen LogP contribution in [0.4, 0.5) is 11.9 Å². The quantitative estimate of drug-likeness (QED) is 0.481. The Morgan fingerprint density at radius 1 is 0.889 bits per heavy atom. The maximum absolute atomic E-state index is 6.56. The van der Waals surface area contributed by atoms with E-state index in [1.54, 1.807) is 7.11 Å². The van der Waals surface area contributed by atoms with Crippen molar-refractivity contribution in [3.05, 3.63) is 5.28 Å². The number of piperidine rings is 2. The lowest BCUT2D eigenvalue weighted by atomic mass is 9.78. The van der Waals surface area contributed by atoms with Gasteiger partial charge in [0.15, 0.2) is 0 Å². The molecule has 0 spiro atoms. The van der Waals surface area contributed by atoms with Crippen LogP contribution in [0.5, 0.6) is 0 Å². The van der Waals surface area contributed by atoms with Gasteiger partial charge in [0.2, 0.25) is 17.2 Å². The van der Waals surface area contributed by atoms with E-state index in [1.165, 1.54) is 0 Å². The number of hydroxylamine groups is 2. The highest BCUT2D eigenvalue weighted by Gasteiger charge is 2.48.